The van der Waals surface area contributed by atoms with E-state index in [1.807, 2.05) is 12.1 Å². The Bertz CT molecular complexity index is 1060. The third kappa shape index (κ3) is 8.29. The molecule has 0 aliphatic heterocycles. The number of fused-ring (bicyclic) bond motifs is 1. The maximum atomic E-state index is 12.3. The fourth-order valence-electron chi connectivity index (χ4n) is 5.14. The van der Waals surface area contributed by atoms with E-state index in [0.29, 0.717) is 30.1 Å². The molecule has 0 saturated heterocycles. The summed E-state index contributed by atoms with van der Waals surface area (Å²) in [5.74, 6) is 0.815. The zero-order valence-electron chi connectivity index (χ0n) is 24.8. The Labute approximate surface area is 226 Å². The van der Waals surface area contributed by atoms with Crippen LogP contribution in [0.2, 0.25) is 51.9 Å². The number of benzene rings is 1. The molecule has 1 atom stereocenters. The zero-order valence-corrected chi connectivity index (χ0v) is 27.8. The third-order valence-electron chi connectivity index (χ3n) is 6.04. The van der Waals surface area contributed by atoms with E-state index >= 15 is 0 Å². The number of ether oxygens (including phenoxy) is 3. The number of carbonyl (C=O) groups is 1. The van der Waals surface area contributed by atoms with Gasteiger partial charge in [-0.1, -0.05) is 20.8 Å². The highest BCUT2D eigenvalue weighted by Gasteiger charge is 2.42. The van der Waals surface area contributed by atoms with Crippen molar-refractivity contribution in [3.05, 3.63) is 40.4 Å². The highest BCUT2D eigenvalue weighted by molar-refractivity contribution is 6.87. The first-order valence-electron chi connectivity index (χ1n) is 12.8. The second-order valence-corrected chi connectivity index (χ2v) is 25.5. The summed E-state index contributed by atoms with van der Waals surface area (Å²) >= 11 is 0. The van der Waals surface area contributed by atoms with Gasteiger partial charge in [0.05, 0.1) is 27.4 Å². The lowest BCUT2D eigenvalue weighted by atomic mass is 9.86. The van der Waals surface area contributed by atoms with Crippen molar-refractivity contribution in [1.29, 1.82) is 0 Å². The second kappa shape index (κ2) is 11.5. The molecule has 0 radical (unpaired) electrons. The van der Waals surface area contributed by atoms with E-state index in [2.05, 4.69) is 71.4 Å². The van der Waals surface area contributed by atoms with E-state index in [1.54, 1.807) is 7.11 Å². The Morgan fingerprint density at radius 3 is 2.05 bits per heavy atom. The van der Waals surface area contributed by atoms with Crippen molar-refractivity contribution in [2.24, 2.45) is 5.92 Å². The lowest BCUT2D eigenvalue weighted by molar-refractivity contribution is -0.135. The molecule has 0 N–H and O–H groups in total. The van der Waals surface area contributed by atoms with E-state index < -0.39 is 31.2 Å². The number of methoxy groups -OCH3 is 2. The topological polar surface area (TPSA) is 67.6 Å². The third-order valence-corrected chi connectivity index (χ3v) is 15.8. The first-order chi connectivity index (χ1) is 16.8. The number of carbonyl (C=O) groups excluding carboxylic acids is 1. The fourth-order valence-corrected chi connectivity index (χ4v) is 18.1. The van der Waals surface area contributed by atoms with Crippen LogP contribution in [-0.4, -0.2) is 52.0 Å². The van der Waals surface area contributed by atoms with E-state index in [4.69, 9.17) is 29.0 Å². The Hall–Kier alpha value is -1.91. The molecule has 1 aromatic rings. The molecule has 7 nitrogen and oxygen atoms in total. The van der Waals surface area contributed by atoms with Gasteiger partial charge in [0.2, 0.25) is 0 Å². The summed E-state index contributed by atoms with van der Waals surface area (Å²) in [5.41, 5.74) is 2.32. The van der Waals surface area contributed by atoms with Crippen LogP contribution in [0.15, 0.2) is 17.8 Å². The molecule has 0 heterocycles. The van der Waals surface area contributed by atoms with Gasteiger partial charge < -0.3 is 22.4 Å². The van der Waals surface area contributed by atoms with Crippen LogP contribution >= 0.6 is 0 Å². The van der Waals surface area contributed by atoms with Crippen LogP contribution in [0.3, 0.4) is 0 Å². The molecule has 1 aromatic carbocycles. The minimum atomic E-state index is -2.41. The summed E-state index contributed by atoms with van der Waals surface area (Å²) in [5, 5.41) is 0. The normalized spacial score (nSPS) is 17.5. The van der Waals surface area contributed by atoms with Crippen molar-refractivity contribution in [3.8, 4) is 11.5 Å². The predicted molar refractivity (Wildman–Crippen MR) is 156 cm³/mol. The average molecular weight is 564 g/mol. The van der Waals surface area contributed by atoms with Gasteiger partial charge in [-0.25, -0.2) is 4.85 Å². The van der Waals surface area contributed by atoms with Gasteiger partial charge >= 0.3 is 14.5 Å². The van der Waals surface area contributed by atoms with Crippen molar-refractivity contribution in [3.63, 3.8) is 0 Å². The Kier molecular flexibility index (Phi) is 9.69. The molecule has 37 heavy (non-hydrogen) atoms. The molecule has 10 heteroatoms. The first-order valence-corrected chi connectivity index (χ1v) is 22.1. The van der Waals surface area contributed by atoms with Crippen LogP contribution < -0.4 is 9.47 Å². The summed E-state index contributed by atoms with van der Waals surface area (Å²) in [6.07, 6.45) is 0.560. The molecule has 1 aliphatic rings. The van der Waals surface area contributed by atoms with Crippen molar-refractivity contribution in [1.82, 2.24) is 0 Å². The zero-order chi connectivity index (χ0) is 28.4. The minimum absolute atomic E-state index is 0.0209. The Morgan fingerprint density at radius 2 is 1.59 bits per heavy atom. The molecule has 0 amide bonds. The van der Waals surface area contributed by atoms with Gasteiger partial charge in [0.15, 0.2) is 28.1 Å². The molecule has 206 valence electrons. The van der Waals surface area contributed by atoms with Gasteiger partial charge in [0, 0.05) is 0 Å². The SMILES string of the molecule is [C-]#[N+]/C(C(=O)OC)=C1/CC(C)(C)c2cc(OC)c(OCC(C)C[Si](C)(O[Si](C)(C)C)O[Si](C)(C)C)cc21. The molecule has 1 unspecified atom stereocenters. The van der Waals surface area contributed by atoms with Crippen LogP contribution in [0, 0.1) is 12.5 Å². The van der Waals surface area contributed by atoms with Crippen LogP contribution in [-0.2, 0) is 23.2 Å². The Morgan fingerprint density at radius 1 is 1.03 bits per heavy atom. The van der Waals surface area contributed by atoms with Gasteiger partial charge in [-0.15, -0.1) is 0 Å². The molecule has 0 saturated carbocycles. The van der Waals surface area contributed by atoms with E-state index in [9.17, 15) is 4.79 Å². The van der Waals surface area contributed by atoms with E-state index in [0.717, 1.165) is 17.2 Å². The lowest BCUT2D eigenvalue weighted by Gasteiger charge is -2.39. The van der Waals surface area contributed by atoms with Gasteiger partial charge in [0.1, 0.15) is 0 Å². The van der Waals surface area contributed by atoms with E-state index in [1.165, 1.54) is 7.11 Å². The van der Waals surface area contributed by atoms with E-state index in [-0.39, 0.29) is 17.0 Å². The largest absolute Gasteiger partial charge is 0.493 e. The lowest BCUT2D eigenvalue weighted by Crippen LogP contribution is -2.53. The van der Waals surface area contributed by atoms with Gasteiger partial charge in [-0.3, -0.25) is 4.79 Å². The highest BCUT2D eigenvalue weighted by atomic mass is 28.5. The van der Waals surface area contributed by atoms with Crippen LogP contribution in [0.25, 0.3) is 10.4 Å². The number of esters is 1. The fraction of sp³-hybridized carbons (Fsp3) is 0.630. The summed E-state index contributed by atoms with van der Waals surface area (Å²) in [4.78, 5) is 15.9. The number of rotatable bonds is 11. The average Bonchev–Trinajstić information content (AvgIpc) is 2.98. The Balaban J connectivity index is 2.38. The summed E-state index contributed by atoms with van der Waals surface area (Å²) in [6, 6.07) is 4.71. The van der Waals surface area contributed by atoms with Crippen molar-refractivity contribution in [2.75, 3.05) is 20.8 Å². The van der Waals surface area contributed by atoms with Crippen molar-refractivity contribution >= 4 is 36.7 Å². The van der Waals surface area contributed by atoms with Crippen LogP contribution in [0.5, 0.6) is 11.5 Å². The quantitative estimate of drug-likeness (QED) is 0.125. The maximum absolute atomic E-state index is 12.3. The van der Waals surface area contributed by atoms with Gasteiger partial charge in [-0.2, -0.15) is 0 Å². The standard InChI is InChI=1S/C27H45NO6Si3/c1-19(18-37(13,33-35(7,8)9)34-36(10,11)12)17-32-24-14-20-21(25(28-4)26(29)31-6)16-27(2,3)22(20)15-23(24)30-5/h14-15,19H,16-18H2,1-3,5-13H3/b25-21-. The maximum Gasteiger partial charge on any atom is 0.336 e. The smallest absolute Gasteiger partial charge is 0.336 e. The highest BCUT2D eigenvalue weighted by Crippen LogP contribution is 2.50. The van der Waals surface area contributed by atoms with Gasteiger partial charge in [-0.05, 0) is 98.5 Å². The molecular weight excluding hydrogens is 519 g/mol. The molecule has 0 aromatic heterocycles. The number of nitrogens with zero attached hydrogens (tertiary/aromatic N) is 1. The minimum Gasteiger partial charge on any atom is -0.493 e. The molecule has 0 bridgehead atoms. The number of hydrogen-bond acceptors (Lipinski definition) is 6. The molecule has 1 aliphatic carbocycles. The second-order valence-electron chi connectivity index (χ2n) is 12.7. The van der Waals surface area contributed by atoms with Crippen molar-refractivity contribution in [2.45, 2.75) is 84.5 Å². The van der Waals surface area contributed by atoms with Crippen LogP contribution in [0.4, 0.5) is 0 Å². The molecule has 0 spiro atoms. The summed E-state index contributed by atoms with van der Waals surface area (Å²) in [6.45, 7) is 29.9. The summed E-state index contributed by atoms with van der Waals surface area (Å²) in [7, 11) is -3.06. The molecular formula is C27H45NO6Si3. The molecule has 0 fully saturated rings. The summed E-state index contributed by atoms with van der Waals surface area (Å²) < 4.78 is 30.3. The predicted octanol–water partition coefficient (Wildman–Crippen LogP) is 6.97. The number of hydrogen-bond donors (Lipinski definition) is 0. The first kappa shape index (κ1) is 31.3. The number of allylic oxidation sites excluding steroid dienone is 1. The molecule has 2 rings (SSSR count). The van der Waals surface area contributed by atoms with Crippen LogP contribution in [0.1, 0.15) is 38.3 Å². The monoisotopic (exact) mass is 563 g/mol. The van der Waals surface area contributed by atoms with Crippen molar-refractivity contribution < 1.29 is 27.2 Å². The van der Waals surface area contributed by atoms with Gasteiger partial charge in [0.25, 0.3) is 5.70 Å².